The Labute approximate surface area is 98.0 Å². The number of rotatable bonds is 2. The van der Waals surface area contributed by atoms with Crippen molar-refractivity contribution in [2.24, 2.45) is 5.84 Å². The van der Waals surface area contributed by atoms with Gasteiger partial charge in [0.05, 0.1) is 30.3 Å². The third-order valence-corrected chi connectivity index (χ3v) is 2.68. The first kappa shape index (κ1) is 11.6. The highest BCUT2D eigenvalue weighted by molar-refractivity contribution is 6.05. The fourth-order valence-electron chi connectivity index (χ4n) is 1.90. The second-order valence-electron chi connectivity index (χ2n) is 3.85. The standard InChI is InChI=1S/C11H13N3O3/c12-13-11(17)8-3-1-2-4-9(8)14-6-7(15)5-10(14)16/h1-4,7,15H,5-6,12H2,(H,13,17). The number of β-amino-alcohol motifs (C(OH)–C–C–N with tert-alkyl or cyclic N) is 1. The van der Waals surface area contributed by atoms with Crippen molar-refractivity contribution in [1.82, 2.24) is 5.43 Å². The summed E-state index contributed by atoms with van der Waals surface area (Å²) >= 11 is 0. The van der Waals surface area contributed by atoms with Crippen molar-refractivity contribution in [3.8, 4) is 0 Å². The molecule has 0 bridgehead atoms. The van der Waals surface area contributed by atoms with E-state index < -0.39 is 12.0 Å². The van der Waals surface area contributed by atoms with Crippen LogP contribution in [0.5, 0.6) is 0 Å². The Hall–Kier alpha value is -1.92. The van der Waals surface area contributed by atoms with E-state index in [1.54, 1.807) is 24.3 Å². The first-order valence-electron chi connectivity index (χ1n) is 5.22. The Morgan fingerprint density at radius 1 is 1.47 bits per heavy atom. The molecule has 1 fully saturated rings. The minimum Gasteiger partial charge on any atom is -0.391 e. The Morgan fingerprint density at radius 2 is 2.18 bits per heavy atom. The van der Waals surface area contributed by atoms with E-state index in [9.17, 15) is 14.7 Å². The fourth-order valence-corrected chi connectivity index (χ4v) is 1.90. The molecule has 6 heteroatoms. The van der Waals surface area contributed by atoms with E-state index in [4.69, 9.17) is 5.84 Å². The molecule has 1 atom stereocenters. The topological polar surface area (TPSA) is 95.7 Å². The number of hydrogen-bond acceptors (Lipinski definition) is 4. The number of nitrogens with zero attached hydrogens (tertiary/aromatic N) is 1. The average molecular weight is 235 g/mol. The Morgan fingerprint density at radius 3 is 2.76 bits per heavy atom. The molecule has 1 aliphatic heterocycles. The molecule has 17 heavy (non-hydrogen) atoms. The lowest BCUT2D eigenvalue weighted by Crippen LogP contribution is -2.33. The number of amides is 2. The van der Waals surface area contributed by atoms with Crippen LogP contribution in [0.4, 0.5) is 5.69 Å². The van der Waals surface area contributed by atoms with Crippen molar-refractivity contribution >= 4 is 17.5 Å². The lowest BCUT2D eigenvalue weighted by atomic mass is 10.1. The third kappa shape index (κ3) is 2.13. The summed E-state index contributed by atoms with van der Waals surface area (Å²) in [5.74, 6) is 4.42. The zero-order valence-electron chi connectivity index (χ0n) is 9.09. The number of nitrogen functional groups attached to an aromatic ring is 1. The van der Waals surface area contributed by atoms with E-state index in [2.05, 4.69) is 0 Å². The quantitative estimate of drug-likeness (QED) is 0.362. The van der Waals surface area contributed by atoms with Crippen LogP contribution in [-0.2, 0) is 4.79 Å². The van der Waals surface area contributed by atoms with E-state index >= 15 is 0 Å². The van der Waals surface area contributed by atoms with Crippen LogP contribution in [0.15, 0.2) is 24.3 Å². The van der Waals surface area contributed by atoms with Gasteiger partial charge in [-0.05, 0) is 12.1 Å². The van der Waals surface area contributed by atoms with Crippen LogP contribution in [0, 0.1) is 0 Å². The maximum absolute atomic E-state index is 11.7. The van der Waals surface area contributed by atoms with Gasteiger partial charge in [-0.3, -0.25) is 15.0 Å². The number of nitrogens with one attached hydrogen (secondary N) is 1. The molecular weight excluding hydrogens is 222 g/mol. The molecule has 0 radical (unpaired) electrons. The molecule has 1 unspecified atom stereocenters. The number of aliphatic hydroxyl groups is 1. The molecule has 1 aromatic carbocycles. The van der Waals surface area contributed by atoms with Crippen molar-refractivity contribution in [1.29, 1.82) is 0 Å². The van der Waals surface area contributed by atoms with Gasteiger partial charge in [-0.15, -0.1) is 0 Å². The van der Waals surface area contributed by atoms with Gasteiger partial charge in [-0.25, -0.2) is 5.84 Å². The first-order valence-corrected chi connectivity index (χ1v) is 5.22. The van der Waals surface area contributed by atoms with Gasteiger partial charge in [0.25, 0.3) is 5.91 Å². The van der Waals surface area contributed by atoms with Gasteiger partial charge in [0.15, 0.2) is 0 Å². The van der Waals surface area contributed by atoms with E-state index in [0.717, 1.165) is 0 Å². The monoisotopic (exact) mass is 235 g/mol. The predicted octanol–water partition coefficient (Wildman–Crippen LogP) is -0.612. The summed E-state index contributed by atoms with van der Waals surface area (Å²) in [5.41, 5.74) is 2.82. The first-order chi connectivity index (χ1) is 8.13. The van der Waals surface area contributed by atoms with Crippen LogP contribution < -0.4 is 16.2 Å². The van der Waals surface area contributed by atoms with Gasteiger partial charge < -0.3 is 10.0 Å². The van der Waals surface area contributed by atoms with Gasteiger partial charge >= 0.3 is 0 Å². The van der Waals surface area contributed by atoms with Gasteiger partial charge in [-0.2, -0.15) is 0 Å². The van der Waals surface area contributed by atoms with Crippen LogP contribution in [-0.4, -0.2) is 29.6 Å². The summed E-state index contributed by atoms with van der Waals surface area (Å²) < 4.78 is 0. The molecule has 4 N–H and O–H groups in total. The molecule has 1 aromatic rings. The molecule has 90 valence electrons. The normalized spacial score (nSPS) is 19.5. The molecule has 1 aliphatic rings. The zero-order valence-corrected chi connectivity index (χ0v) is 9.09. The third-order valence-electron chi connectivity index (χ3n) is 2.68. The molecular formula is C11H13N3O3. The Bertz CT molecular complexity index is 461. The van der Waals surface area contributed by atoms with Crippen LogP contribution in [0.2, 0.25) is 0 Å². The predicted molar refractivity (Wildman–Crippen MR) is 61.1 cm³/mol. The van der Waals surface area contributed by atoms with Gasteiger partial charge in [0.1, 0.15) is 0 Å². The molecule has 2 amide bonds. The molecule has 2 rings (SSSR count). The average Bonchev–Trinajstić information content (AvgIpc) is 2.67. The highest BCUT2D eigenvalue weighted by atomic mass is 16.3. The summed E-state index contributed by atoms with van der Waals surface area (Å²) in [6.45, 7) is 0.202. The van der Waals surface area contributed by atoms with E-state index in [1.165, 1.54) is 4.90 Å². The molecule has 0 saturated carbocycles. The van der Waals surface area contributed by atoms with Gasteiger partial charge in [-0.1, -0.05) is 12.1 Å². The van der Waals surface area contributed by atoms with Crippen molar-refractivity contribution in [3.63, 3.8) is 0 Å². The number of benzene rings is 1. The number of aliphatic hydroxyl groups excluding tert-OH is 1. The van der Waals surface area contributed by atoms with E-state index in [1.807, 2.05) is 5.43 Å². The van der Waals surface area contributed by atoms with Crippen molar-refractivity contribution < 1.29 is 14.7 Å². The second-order valence-corrected chi connectivity index (χ2v) is 3.85. The van der Waals surface area contributed by atoms with Crippen LogP contribution in [0.3, 0.4) is 0 Å². The Kier molecular flexibility index (Phi) is 3.08. The molecule has 0 aromatic heterocycles. The SMILES string of the molecule is NNC(=O)c1ccccc1N1CC(O)CC1=O. The molecule has 1 heterocycles. The number of hydrazine groups is 1. The fraction of sp³-hybridized carbons (Fsp3) is 0.273. The number of nitrogens with two attached hydrogens (primary N) is 1. The molecule has 0 aliphatic carbocycles. The second kappa shape index (κ2) is 4.52. The highest BCUT2D eigenvalue weighted by Gasteiger charge is 2.31. The van der Waals surface area contributed by atoms with Crippen LogP contribution in [0.1, 0.15) is 16.8 Å². The zero-order chi connectivity index (χ0) is 12.4. The number of carbonyl (C=O) groups is 2. The maximum atomic E-state index is 11.7. The summed E-state index contributed by atoms with van der Waals surface area (Å²) in [6, 6.07) is 6.64. The van der Waals surface area contributed by atoms with Gasteiger partial charge in [0.2, 0.25) is 5.91 Å². The summed E-state index contributed by atoms with van der Waals surface area (Å²) in [7, 11) is 0. The molecule has 0 spiro atoms. The van der Waals surface area contributed by atoms with Crippen molar-refractivity contribution in [2.45, 2.75) is 12.5 Å². The summed E-state index contributed by atoms with van der Waals surface area (Å²) in [5, 5.41) is 9.43. The minimum absolute atomic E-state index is 0.0819. The van der Waals surface area contributed by atoms with Gasteiger partial charge in [0, 0.05) is 0 Å². The maximum Gasteiger partial charge on any atom is 0.267 e. The van der Waals surface area contributed by atoms with Crippen molar-refractivity contribution in [2.75, 3.05) is 11.4 Å². The minimum atomic E-state index is -0.684. The van der Waals surface area contributed by atoms with Crippen LogP contribution >= 0.6 is 0 Å². The van der Waals surface area contributed by atoms with E-state index in [-0.39, 0.29) is 18.9 Å². The number of carbonyl (C=O) groups excluding carboxylic acids is 2. The molecule has 6 nitrogen and oxygen atoms in total. The smallest absolute Gasteiger partial charge is 0.267 e. The summed E-state index contributed by atoms with van der Waals surface area (Å²) in [6.07, 6.45) is -0.602. The summed E-state index contributed by atoms with van der Waals surface area (Å²) in [4.78, 5) is 24.6. The largest absolute Gasteiger partial charge is 0.391 e. The van der Waals surface area contributed by atoms with Crippen LogP contribution in [0.25, 0.3) is 0 Å². The van der Waals surface area contributed by atoms with E-state index in [0.29, 0.717) is 11.3 Å². The van der Waals surface area contributed by atoms with Crippen molar-refractivity contribution in [3.05, 3.63) is 29.8 Å². The number of anilines is 1. The number of para-hydroxylation sites is 1. The number of hydrogen-bond donors (Lipinski definition) is 3. The lowest BCUT2D eigenvalue weighted by Gasteiger charge is -2.18. The molecule has 1 saturated heterocycles. The lowest BCUT2D eigenvalue weighted by molar-refractivity contribution is -0.117. The Balaban J connectivity index is 2.38. The highest BCUT2D eigenvalue weighted by Crippen LogP contribution is 2.25.